The lowest BCUT2D eigenvalue weighted by atomic mass is 9.86. The van der Waals surface area contributed by atoms with E-state index in [2.05, 4.69) is 4.99 Å². The Bertz CT molecular complexity index is 808. The van der Waals surface area contributed by atoms with Gasteiger partial charge in [-0.1, -0.05) is 24.6 Å². The van der Waals surface area contributed by atoms with E-state index in [1.807, 2.05) is 42.5 Å². The van der Waals surface area contributed by atoms with E-state index in [1.54, 1.807) is 23.9 Å². The third-order valence-corrected chi connectivity index (χ3v) is 6.30. The zero-order chi connectivity index (χ0) is 17.9. The summed E-state index contributed by atoms with van der Waals surface area (Å²) in [6.07, 6.45) is 4.54. The van der Waals surface area contributed by atoms with Gasteiger partial charge in [0.05, 0.1) is 10.6 Å². The highest BCUT2D eigenvalue weighted by molar-refractivity contribution is 8.00. The fourth-order valence-electron chi connectivity index (χ4n) is 3.70. The summed E-state index contributed by atoms with van der Waals surface area (Å²) >= 11 is 1.77. The lowest BCUT2D eigenvalue weighted by molar-refractivity contribution is -0.384. The molecule has 5 nitrogen and oxygen atoms in total. The number of nitro benzene ring substituents is 1. The minimum absolute atomic E-state index is 0.130. The van der Waals surface area contributed by atoms with Gasteiger partial charge in [0, 0.05) is 34.6 Å². The molecule has 2 fully saturated rings. The van der Waals surface area contributed by atoms with Crippen LogP contribution >= 0.6 is 11.8 Å². The second-order valence-corrected chi connectivity index (χ2v) is 8.04. The quantitative estimate of drug-likeness (QED) is 0.537. The number of thioether (sulfide) groups is 1. The Morgan fingerprint density at radius 1 is 1.08 bits per heavy atom. The summed E-state index contributed by atoms with van der Waals surface area (Å²) in [6, 6.07) is 16.7. The van der Waals surface area contributed by atoms with Gasteiger partial charge in [-0.3, -0.25) is 10.1 Å². The van der Waals surface area contributed by atoms with Crippen LogP contribution in [0.5, 0.6) is 0 Å². The lowest BCUT2D eigenvalue weighted by Crippen LogP contribution is -2.32. The van der Waals surface area contributed by atoms with Crippen LogP contribution in [0.4, 0.5) is 11.4 Å². The monoisotopic (exact) mass is 368 g/mol. The van der Waals surface area contributed by atoms with E-state index in [0.717, 1.165) is 29.3 Å². The molecule has 1 heterocycles. The van der Waals surface area contributed by atoms with E-state index in [1.165, 1.54) is 12.8 Å². The molecule has 2 aliphatic rings. The van der Waals surface area contributed by atoms with Gasteiger partial charge in [0.25, 0.3) is 5.69 Å². The maximum atomic E-state index is 10.8. The maximum Gasteiger partial charge on any atom is 0.269 e. The molecule has 6 heteroatoms. The van der Waals surface area contributed by atoms with Crippen molar-refractivity contribution in [2.24, 2.45) is 10.9 Å². The van der Waals surface area contributed by atoms with Gasteiger partial charge in [-0.2, -0.15) is 0 Å². The van der Waals surface area contributed by atoms with Gasteiger partial charge >= 0.3 is 0 Å². The first-order valence-corrected chi connectivity index (χ1v) is 9.77. The number of benzene rings is 2. The Morgan fingerprint density at radius 3 is 2.58 bits per heavy atom. The number of nitro groups is 1. The molecule has 2 aromatic carbocycles. The topological polar surface area (TPSA) is 64.7 Å². The van der Waals surface area contributed by atoms with Crippen LogP contribution in [0.15, 0.2) is 64.5 Å². The highest BCUT2D eigenvalue weighted by atomic mass is 32.2. The van der Waals surface area contributed by atoms with Crippen LogP contribution in [0, 0.1) is 16.0 Å². The van der Waals surface area contributed by atoms with E-state index in [4.69, 9.17) is 4.74 Å². The van der Waals surface area contributed by atoms with Crippen molar-refractivity contribution in [2.45, 2.75) is 41.9 Å². The lowest BCUT2D eigenvalue weighted by Gasteiger charge is -2.31. The Hall–Kier alpha value is -2.34. The molecule has 0 radical (unpaired) electrons. The summed E-state index contributed by atoms with van der Waals surface area (Å²) < 4.78 is 6.24. The average Bonchev–Trinajstić information content (AvgIpc) is 3.06. The molecule has 1 aliphatic heterocycles. The third kappa shape index (κ3) is 3.75. The van der Waals surface area contributed by atoms with Crippen molar-refractivity contribution >= 4 is 29.0 Å². The Balaban J connectivity index is 1.46. The Labute approximate surface area is 156 Å². The van der Waals surface area contributed by atoms with Crippen molar-refractivity contribution < 1.29 is 9.66 Å². The van der Waals surface area contributed by atoms with Crippen LogP contribution in [0.25, 0.3) is 0 Å². The predicted octanol–water partition coefficient (Wildman–Crippen LogP) is 5.37. The van der Waals surface area contributed by atoms with Crippen molar-refractivity contribution in [3.8, 4) is 0 Å². The van der Waals surface area contributed by atoms with Gasteiger partial charge in [0.2, 0.25) is 0 Å². The standard InChI is InChI=1S/C20H20N2O3S/c23-22(24)16-9-11-17(12-10-16)26-18-8-4-5-14-13-19(25-20(14)18)21-15-6-2-1-3-7-15/h1-3,6-7,9-12,14,18,20H,4-5,8,13H2. The molecule has 4 rings (SSSR count). The molecule has 0 bridgehead atoms. The number of hydrogen-bond acceptors (Lipinski definition) is 5. The first-order valence-electron chi connectivity index (χ1n) is 8.89. The molecule has 3 unspecified atom stereocenters. The minimum atomic E-state index is -0.364. The molecule has 134 valence electrons. The van der Waals surface area contributed by atoms with Gasteiger partial charge in [-0.25, -0.2) is 4.99 Å². The van der Waals surface area contributed by atoms with Crippen LogP contribution in [-0.2, 0) is 4.74 Å². The second kappa shape index (κ2) is 7.50. The van der Waals surface area contributed by atoms with Gasteiger partial charge < -0.3 is 4.74 Å². The number of nitrogens with zero attached hydrogens (tertiary/aromatic N) is 2. The fourth-order valence-corrected chi connectivity index (χ4v) is 5.04. The minimum Gasteiger partial charge on any atom is -0.476 e. The maximum absolute atomic E-state index is 10.8. The predicted molar refractivity (Wildman–Crippen MR) is 103 cm³/mol. The van der Waals surface area contributed by atoms with Crippen LogP contribution in [0.3, 0.4) is 0 Å². The van der Waals surface area contributed by atoms with Crippen molar-refractivity contribution in [1.29, 1.82) is 0 Å². The highest BCUT2D eigenvalue weighted by Crippen LogP contribution is 2.43. The number of ether oxygens (including phenoxy) is 1. The average molecular weight is 368 g/mol. The van der Waals surface area contributed by atoms with Gasteiger partial charge in [0.15, 0.2) is 5.90 Å². The first-order chi connectivity index (χ1) is 12.7. The number of para-hydroxylation sites is 1. The molecule has 1 saturated heterocycles. The van der Waals surface area contributed by atoms with E-state index in [0.29, 0.717) is 11.2 Å². The summed E-state index contributed by atoms with van der Waals surface area (Å²) in [7, 11) is 0. The smallest absolute Gasteiger partial charge is 0.269 e. The summed E-state index contributed by atoms with van der Waals surface area (Å²) in [5.74, 6) is 1.35. The molecule has 1 saturated carbocycles. The molecular formula is C20H20N2O3S. The molecule has 0 aromatic heterocycles. The van der Waals surface area contributed by atoms with E-state index >= 15 is 0 Å². The highest BCUT2D eigenvalue weighted by Gasteiger charge is 2.41. The van der Waals surface area contributed by atoms with Gasteiger partial charge in [-0.15, -0.1) is 11.8 Å². The number of hydrogen-bond donors (Lipinski definition) is 0. The zero-order valence-corrected chi connectivity index (χ0v) is 15.1. The number of rotatable bonds is 4. The summed E-state index contributed by atoms with van der Waals surface area (Å²) in [5, 5.41) is 11.2. The molecule has 0 amide bonds. The Kier molecular flexibility index (Phi) is 4.93. The summed E-state index contributed by atoms with van der Waals surface area (Å²) in [5.41, 5.74) is 1.06. The van der Waals surface area contributed by atoms with Crippen molar-refractivity contribution in [3.63, 3.8) is 0 Å². The molecule has 0 N–H and O–H groups in total. The van der Waals surface area contributed by atoms with Crippen molar-refractivity contribution in [2.75, 3.05) is 0 Å². The summed E-state index contributed by atoms with van der Waals surface area (Å²) in [4.78, 5) is 16.2. The molecule has 2 aromatic rings. The van der Waals surface area contributed by atoms with E-state index in [9.17, 15) is 10.1 Å². The molecule has 3 atom stereocenters. The van der Waals surface area contributed by atoms with E-state index < -0.39 is 0 Å². The first kappa shape index (κ1) is 17.1. The van der Waals surface area contributed by atoms with E-state index in [-0.39, 0.29) is 16.7 Å². The normalized spacial score (nSPS) is 26.3. The second-order valence-electron chi connectivity index (χ2n) is 6.73. The molecule has 0 spiro atoms. The van der Waals surface area contributed by atoms with Gasteiger partial charge in [-0.05, 0) is 37.1 Å². The molecular weight excluding hydrogens is 348 g/mol. The van der Waals surface area contributed by atoms with Crippen LogP contribution in [0.1, 0.15) is 25.7 Å². The molecule has 1 aliphatic carbocycles. The number of fused-ring (bicyclic) bond motifs is 1. The van der Waals surface area contributed by atoms with Crippen LogP contribution in [-0.4, -0.2) is 22.2 Å². The largest absolute Gasteiger partial charge is 0.476 e. The molecule has 26 heavy (non-hydrogen) atoms. The fraction of sp³-hybridized carbons (Fsp3) is 0.350. The third-order valence-electron chi connectivity index (χ3n) is 4.95. The number of aliphatic imine (C=N–C) groups is 1. The zero-order valence-electron chi connectivity index (χ0n) is 14.3. The summed E-state index contributed by atoms with van der Waals surface area (Å²) in [6.45, 7) is 0. The number of non-ortho nitro benzene ring substituents is 1. The van der Waals surface area contributed by atoms with Crippen LogP contribution < -0.4 is 0 Å². The van der Waals surface area contributed by atoms with Gasteiger partial charge in [0.1, 0.15) is 6.10 Å². The van der Waals surface area contributed by atoms with Crippen molar-refractivity contribution in [3.05, 3.63) is 64.7 Å². The van der Waals surface area contributed by atoms with Crippen LogP contribution in [0.2, 0.25) is 0 Å². The Morgan fingerprint density at radius 2 is 1.85 bits per heavy atom. The SMILES string of the molecule is O=[N+]([O-])c1ccc(SC2CCCC3CC(=Nc4ccccc4)OC32)cc1. The van der Waals surface area contributed by atoms with Crippen molar-refractivity contribution in [1.82, 2.24) is 0 Å².